The van der Waals surface area contributed by atoms with Crippen LogP contribution in [0.4, 0.5) is 0 Å². The molecule has 2 atom stereocenters. The molecule has 1 aliphatic rings. The van der Waals surface area contributed by atoms with E-state index in [9.17, 15) is 0 Å². The summed E-state index contributed by atoms with van der Waals surface area (Å²) >= 11 is 0. The van der Waals surface area contributed by atoms with Crippen molar-refractivity contribution >= 4 is 0 Å². The van der Waals surface area contributed by atoms with E-state index in [0.717, 1.165) is 25.2 Å². The number of ether oxygens (including phenoxy) is 2. The third kappa shape index (κ3) is 2.31. The molecule has 3 heteroatoms. The van der Waals surface area contributed by atoms with Crippen LogP contribution in [-0.2, 0) is 10.3 Å². The predicted molar refractivity (Wildman–Crippen MR) is 68.4 cm³/mol. The summed E-state index contributed by atoms with van der Waals surface area (Å²) in [6.45, 7) is 3.07. The Balaban J connectivity index is 2.26. The second-order valence-electron chi connectivity index (χ2n) is 4.68. The fourth-order valence-corrected chi connectivity index (χ4v) is 2.46. The molecule has 1 aromatic carbocycles. The normalized spacial score (nSPS) is 23.4. The van der Waals surface area contributed by atoms with E-state index in [1.165, 1.54) is 5.56 Å². The fraction of sp³-hybridized carbons (Fsp3) is 0.571. The molecule has 2 unspecified atom stereocenters. The highest BCUT2D eigenvalue weighted by Gasteiger charge is 2.37. The summed E-state index contributed by atoms with van der Waals surface area (Å²) in [6.07, 6.45) is 2.52. The maximum Gasteiger partial charge on any atom is 0.118 e. The van der Waals surface area contributed by atoms with Crippen molar-refractivity contribution in [1.29, 1.82) is 0 Å². The van der Waals surface area contributed by atoms with Gasteiger partial charge >= 0.3 is 0 Å². The molecule has 1 N–H and O–H groups in total. The molecule has 0 bridgehead atoms. The van der Waals surface area contributed by atoms with Crippen LogP contribution in [0.2, 0.25) is 0 Å². The van der Waals surface area contributed by atoms with Gasteiger partial charge in [-0.15, -0.1) is 0 Å². The van der Waals surface area contributed by atoms with Crippen LogP contribution in [0.3, 0.4) is 0 Å². The first-order valence-corrected chi connectivity index (χ1v) is 6.16. The lowest BCUT2D eigenvalue weighted by Gasteiger charge is -2.35. The lowest BCUT2D eigenvalue weighted by molar-refractivity contribution is 0.0375. The van der Waals surface area contributed by atoms with Gasteiger partial charge in [0, 0.05) is 6.61 Å². The number of hydrogen-bond acceptors (Lipinski definition) is 3. The molecule has 3 nitrogen and oxygen atoms in total. The molecule has 17 heavy (non-hydrogen) atoms. The molecule has 0 amide bonds. The van der Waals surface area contributed by atoms with Crippen LogP contribution in [0.15, 0.2) is 24.3 Å². The van der Waals surface area contributed by atoms with Gasteiger partial charge in [0.05, 0.1) is 18.8 Å². The Morgan fingerprint density at radius 1 is 1.35 bits per heavy atom. The molecule has 0 aromatic heterocycles. The van der Waals surface area contributed by atoms with Crippen molar-refractivity contribution in [3.8, 4) is 5.75 Å². The van der Waals surface area contributed by atoms with Crippen LogP contribution >= 0.6 is 0 Å². The van der Waals surface area contributed by atoms with Gasteiger partial charge in [-0.05, 0) is 44.5 Å². The van der Waals surface area contributed by atoms with Crippen molar-refractivity contribution in [2.75, 3.05) is 20.8 Å². The van der Waals surface area contributed by atoms with E-state index in [-0.39, 0.29) is 11.6 Å². The Bertz CT molecular complexity index is 357. The number of benzene rings is 1. The zero-order chi connectivity index (χ0) is 12.3. The van der Waals surface area contributed by atoms with Gasteiger partial charge in [0.15, 0.2) is 0 Å². The van der Waals surface area contributed by atoms with E-state index in [1.807, 2.05) is 19.2 Å². The highest BCUT2D eigenvalue weighted by atomic mass is 16.5. The third-order valence-corrected chi connectivity index (χ3v) is 3.78. The van der Waals surface area contributed by atoms with Crippen LogP contribution in [0.25, 0.3) is 0 Å². The highest BCUT2D eigenvalue weighted by Crippen LogP contribution is 2.33. The zero-order valence-electron chi connectivity index (χ0n) is 10.8. The molecule has 1 fully saturated rings. The SMILES string of the molecule is CNC(C)(c1ccc(OC)cc1)C1CCCO1. The molecule has 1 aromatic rings. The first-order chi connectivity index (χ1) is 8.20. The molecule has 1 saturated heterocycles. The van der Waals surface area contributed by atoms with Gasteiger partial charge in [-0.25, -0.2) is 0 Å². The van der Waals surface area contributed by atoms with Crippen molar-refractivity contribution in [2.45, 2.75) is 31.4 Å². The summed E-state index contributed by atoms with van der Waals surface area (Å²) in [5, 5.41) is 3.41. The zero-order valence-corrected chi connectivity index (χ0v) is 10.8. The predicted octanol–water partition coefficient (Wildman–Crippen LogP) is 2.31. The Morgan fingerprint density at radius 3 is 2.53 bits per heavy atom. The Morgan fingerprint density at radius 2 is 2.06 bits per heavy atom. The van der Waals surface area contributed by atoms with Gasteiger partial charge < -0.3 is 14.8 Å². The molecular weight excluding hydrogens is 214 g/mol. The minimum Gasteiger partial charge on any atom is -0.497 e. The van der Waals surface area contributed by atoms with E-state index < -0.39 is 0 Å². The summed E-state index contributed by atoms with van der Waals surface area (Å²) in [7, 11) is 3.68. The van der Waals surface area contributed by atoms with Crippen LogP contribution in [0.5, 0.6) is 5.75 Å². The number of methoxy groups -OCH3 is 1. The molecule has 0 radical (unpaired) electrons. The van der Waals surface area contributed by atoms with E-state index >= 15 is 0 Å². The number of rotatable bonds is 4. The van der Waals surface area contributed by atoms with Crippen molar-refractivity contribution in [3.05, 3.63) is 29.8 Å². The molecule has 1 aliphatic heterocycles. The van der Waals surface area contributed by atoms with E-state index in [2.05, 4.69) is 24.4 Å². The van der Waals surface area contributed by atoms with Gasteiger partial charge in [0.1, 0.15) is 5.75 Å². The Hall–Kier alpha value is -1.06. The number of likely N-dealkylation sites (N-methyl/N-ethyl adjacent to an activating group) is 1. The van der Waals surface area contributed by atoms with Crippen molar-refractivity contribution in [2.24, 2.45) is 0 Å². The smallest absolute Gasteiger partial charge is 0.118 e. The third-order valence-electron chi connectivity index (χ3n) is 3.78. The minimum atomic E-state index is -0.122. The largest absolute Gasteiger partial charge is 0.497 e. The van der Waals surface area contributed by atoms with Gasteiger partial charge in [-0.2, -0.15) is 0 Å². The first-order valence-electron chi connectivity index (χ1n) is 6.16. The van der Waals surface area contributed by atoms with Gasteiger partial charge in [-0.3, -0.25) is 0 Å². The molecule has 2 rings (SSSR count). The highest BCUT2D eigenvalue weighted by molar-refractivity contribution is 5.32. The second kappa shape index (κ2) is 5.07. The number of nitrogens with one attached hydrogen (secondary N) is 1. The summed E-state index contributed by atoms with van der Waals surface area (Å²) in [5.41, 5.74) is 1.12. The quantitative estimate of drug-likeness (QED) is 0.868. The monoisotopic (exact) mass is 235 g/mol. The fourth-order valence-electron chi connectivity index (χ4n) is 2.46. The van der Waals surface area contributed by atoms with Crippen LogP contribution in [0, 0.1) is 0 Å². The first kappa shape index (κ1) is 12.4. The minimum absolute atomic E-state index is 0.122. The van der Waals surface area contributed by atoms with Crippen LogP contribution in [0.1, 0.15) is 25.3 Å². The lowest BCUT2D eigenvalue weighted by Crippen LogP contribution is -2.47. The van der Waals surface area contributed by atoms with Crippen LogP contribution in [-0.4, -0.2) is 26.9 Å². The summed E-state index contributed by atoms with van der Waals surface area (Å²) in [4.78, 5) is 0. The van der Waals surface area contributed by atoms with Gasteiger partial charge in [0.25, 0.3) is 0 Å². The van der Waals surface area contributed by atoms with Crippen molar-refractivity contribution in [1.82, 2.24) is 5.32 Å². The lowest BCUT2D eigenvalue weighted by atomic mass is 9.85. The van der Waals surface area contributed by atoms with E-state index in [4.69, 9.17) is 9.47 Å². The molecular formula is C14H21NO2. The van der Waals surface area contributed by atoms with Crippen molar-refractivity contribution in [3.63, 3.8) is 0 Å². The molecule has 0 spiro atoms. The molecule has 94 valence electrons. The topological polar surface area (TPSA) is 30.5 Å². The molecule has 1 heterocycles. The Labute approximate surface area is 103 Å². The van der Waals surface area contributed by atoms with Crippen LogP contribution < -0.4 is 10.1 Å². The van der Waals surface area contributed by atoms with E-state index in [0.29, 0.717) is 0 Å². The molecule has 0 saturated carbocycles. The standard InChI is InChI=1S/C14H21NO2/c1-14(15-2,13-5-4-10-17-13)11-6-8-12(16-3)9-7-11/h6-9,13,15H,4-5,10H2,1-3H3. The average molecular weight is 235 g/mol. The summed E-state index contributed by atoms with van der Waals surface area (Å²) in [6, 6.07) is 8.22. The average Bonchev–Trinajstić information content (AvgIpc) is 2.92. The maximum atomic E-state index is 5.83. The summed E-state index contributed by atoms with van der Waals surface area (Å²) in [5.74, 6) is 0.888. The number of hydrogen-bond donors (Lipinski definition) is 1. The van der Waals surface area contributed by atoms with Crippen molar-refractivity contribution < 1.29 is 9.47 Å². The van der Waals surface area contributed by atoms with Gasteiger partial charge in [-0.1, -0.05) is 12.1 Å². The molecule has 0 aliphatic carbocycles. The maximum absolute atomic E-state index is 5.83. The summed E-state index contributed by atoms with van der Waals surface area (Å²) < 4.78 is 11.0. The second-order valence-corrected chi connectivity index (χ2v) is 4.68. The van der Waals surface area contributed by atoms with Gasteiger partial charge in [0.2, 0.25) is 0 Å². The Kier molecular flexibility index (Phi) is 3.69. The van der Waals surface area contributed by atoms with E-state index in [1.54, 1.807) is 7.11 Å².